The number of carbonyl (C=O) groups is 2. The summed E-state index contributed by atoms with van der Waals surface area (Å²) in [4.78, 5) is 26.2. The van der Waals surface area contributed by atoms with Crippen molar-refractivity contribution in [2.24, 2.45) is 0 Å². The molecular formula is C22H30N4O4. The lowest BCUT2D eigenvalue weighted by Gasteiger charge is -2.29. The highest BCUT2D eigenvalue weighted by molar-refractivity contribution is 5.90. The van der Waals surface area contributed by atoms with E-state index < -0.39 is 5.60 Å². The number of para-hydroxylation sites is 1. The van der Waals surface area contributed by atoms with Crippen LogP contribution in [-0.2, 0) is 22.5 Å². The van der Waals surface area contributed by atoms with E-state index in [2.05, 4.69) is 15.5 Å². The zero-order valence-electron chi connectivity index (χ0n) is 18.1. The van der Waals surface area contributed by atoms with Gasteiger partial charge in [0.25, 0.3) is 0 Å². The third kappa shape index (κ3) is 5.75. The molecule has 0 saturated heterocycles. The van der Waals surface area contributed by atoms with Crippen LogP contribution in [0.4, 0.5) is 10.6 Å². The van der Waals surface area contributed by atoms with Gasteiger partial charge in [-0.15, -0.1) is 0 Å². The summed E-state index contributed by atoms with van der Waals surface area (Å²) in [5, 5.41) is 10.0. The molecule has 0 fully saturated rings. The maximum atomic E-state index is 12.3. The number of amides is 2. The van der Waals surface area contributed by atoms with Gasteiger partial charge in [0.2, 0.25) is 5.91 Å². The molecule has 0 bridgehead atoms. The van der Waals surface area contributed by atoms with Crippen LogP contribution in [0.5, 0.6) is 5.75 Å². The highest BCUT2D eigenvalue weighted by Crippen LogP contribution is 2.25. The minimum atomic E-state index is -0.534. The Bertz CT molecular complexity index is 901. The van der Waals surface area contributed by atoms with E-state index >= 15 is 0 Å². The van der Waals surface area contributed by atoms with Crippen LogP contribution < -0.4 is 10.1 Å². The molecule has 8 nitrogen and oxygen atoms in total. The molecule has 1 aromatic carbocycles. The average molecular weight is 415 g/mol. The first kappa shape index (κ1) is 21.7. The van der Waals surface area contributed by atoms with Crippen LogP contribution in [0.15, 0.2) is 24.3 Å². The molecule has 1 aliphatic heterocycles. The van der Waals surface area contributed by atoms with Gasteiger partial charge in [0.05, 0.1) is 18.8 Å². The Labute approximate surface area is 176 Å². The van der Waals surface area contributed by atoms with Crippen molar-refractivity contribution in [3.8, 4) is 5.75 Å². The number of hydrogen-bond acceptors (Lipinski definition) is 5. The molecule has 2 N–H and O–H groups in total. The normalized spacial score (nSPS) is 13.5. The minimum Gasteiger partial charge on any atom is -0.493 e. The number of nitrogens with one attached hydrogen (secondary N) is 2. The van der Waals surface area contributed by atoms with Gasteiger partial charge in [-0.05, 0) is 52.2 Å². The number of hydrogen-bond donors (Lipinski definition) is 2. The monoisotopic (exact) mass is 414 g/mol. The maximum Gasteiger partial charge on any atom is 0.410 e. The van der Waals surface area contributed by atoms with Crippen LogP contribution in [-0.4, -0.2) is 45.9 Å². The Morgan fingerprint density at radius 2 is 2.03 bits per heavy atom. The lowest BCUT2D eigenvalue weighted by molar-refractivity contribution is -0.116. The first-order valence-corrected chi connectivity index (χ1v) is 10.3. The fraction of sp³-hybridized carbons (Fsp3) is 0.500. The van der Waals surface area contributed by atoms with Crippen molar-refractivity contribution in [1.82, 2.24) is 15.1 Å². The van der Waals surface area contributed by atoms with E-state index in [1.807, 2.05) is 52.0 Å². The number of rotatable bonds is 6. The SMILES string of the molecule is Cc1ccccc1OCCCC(=O)Nc1n[nH]c2c1CCN(C(=O)OC(C)(C)C)C2. The fourth-order valence-corrected chi connectivity index (χ4v) is 3.23. The van der Waals surface area contributed by atoms with Crippen LogP contribution in [0, 0.1) is 6.92 Å². The molecule has 2 heterocycles. The molecule has 2 aromatic rings. The third-order valence-corrected chi connectivity index (χ3v) is 4.74. The molecule has 0 aliphatic carbocycles. The number of aromatic nitrogens is 2. The number of aryl methyl sites for hydroxylation is 1. The number of aromatic amines is 1. The second kappa shape index (κ2) is 9.19. The van der Waals surface area contributed by atoms with Crippen LogP contribution in [0.3, 0.4) is 0 Å². The predicted octanol–water partition coefficient (Wildman–Crippen LogP) is 3.81. The van der Waals surface area contributed by atoms with E-state index in [1.165, 1.54) is 0 Å². The number of benzene rings is 1. The number of anilines is 1. The molecule has 1 aromatic heterocycles. The van der Waals surface area contributed by atoms with Crippen molar-refractivity contribution in [3.63, 3.8) is 0 Å². The predicted molar refractivity (Wildman–Crippen MR) is 113 cm³/mol. The first-order chi connectivity index (χ1) is 14.2. The lowest BCUT2D eigenvalue weighted by Crippen LogP contribution is -2.39. The molecule has 0 unspecified atom stereocenters. The summed E-state index contributed by atoms with van der Waals surface area (Å²) in [6.07, 6.45) is 1.22. The van der Waals surface area contributed by atoms with E-state index in [9.17, 15) is 9.59 Å². The third-order valence-electron chi connectivity index (χ3n) is 4.74. The molecule has 30 heavy (non-hydrogen) atoms. The molecule has 0 radical (unpaired) electrons. The fourth-order valence-electron chi connectivity index (χ4n) is 3.23. The minimum absolute atomic E-state index is 0.104. The number of nitrogens with zero attached hydrogens (tertiary/aromatic N) is 2. The van der Waals surface area contributed by atoms with E-state index in [1.54, 1.807) is 4.90 Å². The van der Waals surface area contributed by atoms with Gasteiger partial charge in [0.1, 0.15) is 11.4 Å². The van der Waals surface area contributed by atoms with Gasteiger partial charge >= 0.3 is 6.09 Å². The Morgan fingerprint density at radius 3 is 2.77 bits per heavy atom. The molecule has 0 atom stereocenters. The summed E-state index contributed by atoms with van der Waals surface area (Å²) in [7, 11) is 0. The zero-order valence-corrected chi connectivity index (χ0v) is 18.1. The summed E-state index contributed by atoms with van der Waals surface area (Å²) < 4.78 is 11.2. The van der Waals surface area contributed by atoms with E-state index in [4.69, 9.17) is 9.47 Å². The van der Waals surface area contributed by atoms with Gasteiger partial charge in [0.15, 0.2) is 5.82 Å². The largest absolute Gasteiger partial charge is 0.493 e. The summed E-state index contributed by atoms with van der Waals surface area (Å²) >= 11 is 0. The smallest absolute Gasteiger partial charge is 0.410 e. The van der Waals surface area contributed by atoms with Crippen molar-refractivity contribution in [2.45, 2.75) is 59.1 Å². The topological polar surface area (TPSA) is 96.5 Å². The Balaban J connectivity index is 1.46. The van der Waals surface area contributed by atoms with Gasteiger partial charge in [-0.1, -0.05) is 18.2 Å². The second-order valence-electron chi connectivity index (χ2n) is 8.45. The summed E-state index contributed by atoms with van der Waals surface area (Å²) in [6, 6.07) is 7.81. The van der Waals surface area contributed by atoms with Gasteiger partial charge < -0.3 is 19.7 Å². The van der Waals surface area contributed by atoms with Crippen LogP contribution in [0.25, 0.3) is 0 Å². The van der Waals surface area contributed by atoms with Crippen LogP contribution in [0.2, 0.25) is 0 Å². The molecular weight excluding hydrogens is 384 g/mol. The average Bonchev–Trinajstić information content (AvgIpc) is 3.07. The maximum absolute atomic E-state index is 12.3. The van der Waals surface area contributed by atoms with Crippen molar-refractivity contribution in [1.29, 1.82) is 0 Å². The molecule has 2 amide bonds. The Kier molecular flexibility index (Phi) is 6.64. The van der Waals surface area contributed by atoms with E-state index in [-0.39, 0.29) is 12.0 Å². The number of carbonyl (C=O) groups excluding carboxylic acids is 2. The Morgan fingerprint density at radius 1 is 1.27 bits per heavy atom. The summed E-state index contributed by atoms with van der Waals surface area (Å²) in [6.45, 7) is 8.91. The van der Waals surface area contributed by atoms with Crippen molar-refractivity contribution >= 4 is 17.8 Å². The Hall–Kier alpha value is -3.03. The van der Waals surface area contributed by atoms with Gasteiger partial charge in [-0.3, -0.25) is 9.89 Å². The van der Waals surface area contributed by atoms with Crippen molar-refractivity contribution in [2.75, 3.05) is 18.5 Å². The van der Waals surface area contributed by atoms with Crippen molar-refractivity contribution < 1.29 is 19.1 Å². The van der Waals surface area contributed by atoms with Crippen molar-refractivity contribution in [3.05, 3.63) is 41.1 Å². The number of ether oxygens (including phenoxy) is 2. The number of H-pyrrole nitrogens is 1. The molecule has 0 saturated carbocycles. The zero-order chi connectivity index (χ0) is 21.7. The highest BCUT2D eigenvalue weighted by atomic mass is 16.6. The molecule has 0 spiro atoms. The standard InChI is InChI=1S/C22H30N4O4/c1-15-8-5-6-9-18(15)29-13-7-10-19(27)23-20-16-11-12-26(14-17(16)24-25-20)21(28)30-22(2,3)4/h5-6,8-9H,7,10-14H2,1-4H3,(H2,23,24,25,27). The van der Waals surface area contributed by atoms with Crippen LogP contribution in [0.1, 0.15) is 50.4 Å². The molecule has 8 heteroatoms. The second-order valence-corrected chi connectivity index (χ2v) is 8.45. The molecule has 3 rings (SSSR count). The van der Waals surface area contributed by atoms with Crippen LogP contribution >= 0.6 is 0 Å². The van der Waals surface area contributed by atoms with Gasteiger partial charge in [-0.25, -0.2) is 4.79 Å². The molecule has 162 valence electrons. The summed E-state index contributed by atoms with van der Waals surface area (Å²) in [5.41, 5.74) is 2.31. The quantitative estimate of drug-likeness (QED) is 0.701. The summed E-state index contributed by atoms with van der Waals surface area (Å²) in [5.74, 6) is 1.28. The van der Waals surface area contributed by atoms with E-state index in [0.29, 0.717) is 44.8 Å². The highest BCUT2D eigenvalue weighted by Gasteiger charge is 2.28. The lowest BCUT2D eigenvalue weighted by atomic mass is 10.1. The first-order valence-electron chi connectivity index (χ1n) is 10.3. The molecule has 1 aliphatic rings. The number of fused-ring (bicyclic) bond motifs is 1. The van der Waals surface area contributed by atoms with Gasteiger partial charge in [0, 0.05) is 18.5 Å². The van der Waals surface area contributed by atoms with Gasteiger partial charge in [-0.2, -0.15) is 5.10 Å². The van der Waals surface area contributed by atoms with E-state index in [0.717, 1.165) is 22.6 Å².